The third-order valence-electron chi connectivity index (χ3n) is 4.56. The van der Waals surface area contributed by atoms with Crippen molar-refractivity contribution in [3.8, 4) is 0 Å². The molecule has 0 spiro atoms. The summed E-state index contributed by atoms with van der Waals surface area (Å²) >= 11 is 0. The van der Waals surface area contributed by atoms with E-state index in [4.69, 9.17) is 5.73 Å². The van der Waals surface area contributed by atoms with Crippen molar-refractivity contribution in [2.24, 2.45) is 5.73 Å². The van der Waals surface area contributed by atoms with Gasteiger partial charge in [0.05, 0.1) is 13.1 Å². The molecular formula is C19H24N5O6. The minimum atomic E-state index is -1.13. The first-order chi connectivity index (χ1) is 14.3. The van der Waals surface area contributed by atoms with Crippen molar-refractivity contribution in [1.29, 1.82) is 0 Å². The van der Waals surface area contributed by atoms with Gasteiger partial charge in [-0.15, -0.1) is 0 Å². The maximum Gasteiger partial charge on any atom is 0.250 e. The fraction of sp³-hybridized carbons (Fsp3) is 0.421. The molecule has 11 nitrogen and oxygen atoms in total. The van der Waals surface area contributed by atoms with Gasteiger partial charge in [-0.25, -0.2) is 5.11 Å². The number of amides is 5. The molecule has 0 aliphatic carbocycles. The maximum absolute atomic E-state index is 12.6. The highest BCUT2D eigenvalue weighted by Crippen LogP contribution is 2.18. The van der Waals surface area contributed by atoms with Crippen LogP contribution >= 0.6 is 0 Å². The molecule has 5 N–H and O–H groups in total. The minimum Gasteiger partial charge on any atom is -0.368 e. The average molecular weight is 418 g/mol. The highest BCUT2D eigenvalue weighted by Gasteiger charge is 2.34. The summed E-state index contributed by atoms with van der Waals surface area (Å²) in [5, 5.41) is 17.9. The second-order valence-corrected chi connectivity index (χ2v) is 6.70. The van der Waals surface area contributed by atoms with Crippen LogP contribution in [0.25, 0.3) is 0 Å². The van der Waals surface area contributed by atoms with Crippen molar-refractivity contribution in [2.75, 3.05) is 26.2 Å². The molecule has 2 atom stereocenters. The number of nitrogens with two attached hydrogens (primary N) is 1. The van der Waals surface area contributed by atoms with Gasteiger partial charge in [0.25, 0.3) is 0 Å². The second-order valence-electron chi connectivity index (χ2n) is 6.70. The lowest BCUT2D eigenvalue weighted by molar-refractivity contribution is -0.139. The first kappa shape index (κ1) is 22.8. The van der Waals surface area contributed by atoms with E-state index in [1.165, 1.54) is 4.90 Å². The van der Waals surface area contributed by atoms with Gasteiger partial charge in [-0.3, -0.25) is 24.0 Å². The van der Waals surface area contributed by atoms with Gasteiger partial charge in [-0.05, 0) is 18.4 Å². The Kier molecular flexibility index (Phi) is 8.29. The molecule has 1 aromatic rings. The summed E-state index contributed by atoms with van der Waals surface area (Å²) in [7, 11) is 0. The van der Waals surface area contributed by atoms with Crippen molar-refractivity contribution in [3.05, 3.63) is 35.9 Å². The molecule has 1 heterocycles. The average Bonchev–Trinajstić information content (AvgIpc) is 3.24. The number of likely N-dealkylation sites (tertiary alicyclic amines) is 1. The summed E-state index contributed by atoms with van der Waals surface area (Å²) < 4.78 is 0. The van der Waals surface area contributed by atoms with E-state index in [0.717, 1.165) is 0 Å². The number of nitrogens with zero attached hydrogens (tertiary/aromatic N) is 1. The van der Waals surface area contributed by atoms with E-state index in [2.05, 4.69) is 16.0 Å². The van der Waals surface area contributed by atoms with E-state index in [0.29, 0.717) is 24.9 Å². The molecule has 11 heteroatoms. The molecule has 1 aliphatic rings. The lowest BCUT2D eigenvalue weighted by Gasteiger charge is -2.24. The minimum absolute atomic E-state index is 0.327. The van der Waals surface area contributed by atoms with Crippen LogP contribution in [0.1, 0.15) is 24.4 Å². The number of hydrogen-bond donors (Lipinski definition) is 4. The SMILES string of the molecule is NC(=O)CNC(=O)[C@@H]1CCCN1C(=O)CNC(=O)[C@H](NC(=O)C[O])c1ccccc1. The summed E-state index contributed by atoms with van der Waals surface area (Å²) in [6, 6.07) is 6.40. The highest BCUT2D eigenvalue weighted by atomic mass is 16.3. The second kappa shape index (κ2) is 10.9. The van der Waals surface area contributed by atoms with E-state index >= 15 is 0 Å². The van der Waals surface area contributed by atoms with E-state index in [1.54, 1.807) is 30.3 Å². The predicted molar refractivity (Wildman–Crippen MR) is 103 cm³/mol. The topological polar surface area (TPSA) is 171 Å². The number of benzene rings is 1. The van der Waals surface area contributed by atoms with E-state index < -0.39 is 54.8 Å². The van der Waals surface area contributed by atoms with Gasteiger partial charge in [-0.1, -0.05) is 30.3 Å². The molecule has 0 unspecified atom stereocenters. The number of primary amides is 1. The van der Waals surface area contributed by atoms with Crippen molar-refractivity contribution in [3.63, 3.8) is 0 Å². The number of carbonyl (C=O) groups is 5. The third kappa shape index (κ3) is 6.27. The Balaban J connectivity index is 1.98. The molecule has 5 amide bonds. The molecule has 1 radical (unpaired) electrons. The Morgan fingerprint density at radius 3 is 2.40 bits per heavy atom. The number of rotatable bonds is 9. The normalized spacial score (nSPS) is 16.4. The van der Waals surface area contributed by atoms with Crippen LogP contribution in [-0.4, -0.2) is 66.7 Å². The zero-order chi connectivity index (χ0) is 22.1. The summed E-state index contributed by atoms with van der Waals surface area (Å²) in [6.07, 6.45) is 1.02. The summed E-state index contributed by atoms with van der Waals surface area (Å²) in [5.41, 5.74) is 5.46. The number of nitrogens with one attached hydrogen (secondary N) is 3. The number of carbonyl (C=O) groups excluding carboxylic acids is 5. The van der Waals surface area contributed by atoms with Crippen LogP contribution in [0.5, 0.6) is 0 Å². The van der Waals surface area contributed by atoms with Crippen LogP contribution < -0.4 is 21.7 Å². The van der Waals surface area contributed by atoms with Crippen LogP contribution in [0.15, 0.2) is 30.3 Å². The van der Waals surface area contributed by atoms with E-state index in [9.17, 15) is 29.1 Å². The fourth-order valence-corrected chi connectivity index (χ4v) is 3.14. The molecule has 1 aromatic carbocycles. The molecule has 2 rings (SSSR count). The smallest absolute Gasteiger partial charge is 0.250 e. The van der Waals surface area contributed by atoms with Crippen molar-refractivity contribution in [1.82, 2.24) is 20.9 Å². The van der Waals surface area contributed by atoms with E-state index in [-0.39, 0.29) is 6.54 Å². The first-order valence-corrected chi connectivity index (χ1v) is 9.39. The van der Waals surface area contributed by atoms with Crippen LogP contribution in [0, 0.1) is 0 Å². The Bertz CT molecular complexity index is 800. The lowest BCUT2D eigenvalue weighted by Crippen LogP contribution is -2.51. The Labute approximate surface area is 173 Å². The van der Waals surface area contributed by atoms with Crippen LogP contribution in [0.4, 0.5) is 0 Å². The van der Waals surface area contributed by atoms with Gasteiger partial charge in [0.15, 0.2) is 6.61 Å². The van der Waals surface area contributed by atoms with E-state index in [1.807, 2.05) is 0 Å². The van der Waals surface area contributed by atoms with Gasteiger partial charge in [0.1, 0.15) is 12.1 Å². The van der Waals surface area contributed by atoms with Crippen LogP contribution in [-0.2, 0) is 29.1 Å². The molecule has 1 fully saturated rings. The Hall–Kier alpha value is -3.47. The molecule has 0 aromatic heterocycles. The highest BCUT2D eigenvalue weighted by molar-refractivity contribution is 5.94. The standard InChI is InChI=1S/C19H24N5O6/c20-14(26)9-21-18(29)13-7-4-8-24(13)16(28)10-22-19(30)17(23-15(27)11-25)12-5-2-1-3-6-12/h1-3,5-6,13,17H,4,7-11H2,(H2,20,26)(H,21,29)(H,22,30)(H,23,27)/t13-,17+/m0/s1. The van der Waals surface area contributed by atoms with Crippen molar-refractivity contribution >= 4 is 29.5 Å². The fourth-order valence-electron chi connectivity index (χ4n) is 3.14. The van der Waals surface area contributed by atoms with Crippen LogP contribution in [0.2, 0.25) is 0 Å². The monoisotopic (exact) mass is 418 g/mol. The molecule has 0 saturated carbocycles. The summed E-state index contributed by atoms with van der Waals surface area (Å²) in [5.74, 6) is -3.18. The first-order valence-electron chi connectivity index (χ1n) is 9.39. The molecule has 0 bridgehead atoms. The summed E-state index contributed by atoms with van der Waals surface area (Å²) in [4.78, 5) is 61.0. The van der Waals surface area contributed by atoms with Crippen molar-refractivity contribution in [2.45, 2.75) is 24.9 Å². The van der Waals surface area contributed by atoms with Crippen LogP contribution in [0.3, 0.4) is 0 Å². The molecular weight excluding hydrogens is 394 g/mol. The summed E-state index contributed by atoms with van der Waals surface area (Å²) in [6.45, 7) is -1.43. The third-order valence-corrected chi connectivity index (χ3v) is 4.56. The maximum atomic E-state index is 12.6. The van der Waals surface area contributed by atoms with Gasteiger partial charge in [0.2, 0.25) is 29.5 Å². The molecule has 1 aliphatic heterocycles. The predicted octanol–water partition coefficient (Wildman–Crippen LogP) is -2.02. The zero-order valence-corrected chi connectivity index (χ0v) is 16.3. The van der Waals surface area contributed by atoms with Gasteiger partial charge >= 0.3 is 0 Å². The Morgan fingerprint density at radius 2 is 1.77 bits per heavy atom. The molecule has 161 valence electrons. The Morgan fingerprint density at radius 1 is 1.07 bits per heavy atom. The van der Waals surface area contributed by atoms with Gasteiger partial charge in [0, 0.05) is 6.54 Å². The number of hydrogen-bond acceptors (Lipinski definition) is 5. The quantitative estimate of drug-likeness (QED) is 0.362. The van der Waals surface area contributed by atoms with Gasteiger partial charge < -0.3 is 26.6 Å². The van der Waals surface area contributed by atoms with Gasteiger partial charge in [-0.2, -0.15) is 0 Å². The largest absolute Gasteiger partial charge is 0.368 e. The molecule has 1 saturated heterocycles. The van der Waals surface area contributed by atoms with Crippen molar-refractivity contribution < 1.29 is 29.1 Å². The zero-order valence-electron chi connectivity index (χ0n) is 16.3. The molecule has 30 heavy (non-hydrogen) atoms. The lowest BCUT2D eigenvalue weighted by atomic mass is 10.1.